The highest BCUT2D eigenvalue weighted by molar-refractivity contribution is 5.50. The molecule has 0 radical (unpaired) electrons. The number of hydrogen-bond acceptors (Lipinski definition) is 2. The van der Waals surface area contributed by atoms with Gasteiger partial charge in [-0.1, -0.05) is 6.07 Å². The van der Waals surface area contributed by atoms with Crippen molar-refractivity contribution in [3.63, 3.8) is 0 Å². The summed E-state index contributed by atoms with van der Waals surface area (Å²) in [4.78, 5) is 0. The molecule has 1 saturated heterocycles. The summed E-state index contributed by atoms with van der Waals surface area (Å²) in [6.45, 7) is 6.66. The second kappa shape index (κ2) is 7.01. The smallest absolute Gasteiger partial charge is 0.120 e. The number of nitrogens with one attached hydrogen (secondary N) is 1. The zero-order valence-corrected chi connectivity index (χ0v) is 12.7. The Kier molecular flexibility index (Phi) is 5.95. The molecule has 1 aliphatic rings. The number of quaternary nitrogens is 1. The van der Waals surface area contributed by atoms with Gasteiger partial charge in [-0.15, -0.1) is 0 Å². The van der Waals surface area contributed by atoms with Crippen LogP contribution in [-0.2, 0) is 0 Å². The second-order valence-corrected chi connectivity index (χ2v) is 5.78. The first-order valence-electron chi connectivity index (χ1n) is 6.96. The predicted molar refractivity (Wildman–Crippen MR) is 76.0 cm³/mol. The van der Waals surface area contributed by atoms with Crippen molar-refractivity contribution in [2.24, 2.45) is 0 Å². The van der Waals surface area contributed by atoms with Crippen molar-refractivity contribution in [2.45, 2.75) is 26.2 Å². The maximum absolute atomic E-state index is 9.65. The van der Waals surface area contributed by atoms with E-state index in [4.69, 9.17) is 0 Å². The molecule has 1 aliphatic heterocycles. The van der Waals surface area contributed by atoms with Crippen LogP contribution in [0.5, 0.6) is 5.75 Å². The van der Waals surface area contributed by atoms with Gasteiger partial charge in [0.1, 0.15) is 5.75 Å². The lowest BCUT2D eigenvalue weighted by molar-refractivity contribution is -0.912. The average molecular weight is 285 g/mol. The monoisotopic (exact) mass is 284 g/mol. The summed E-state index contributed by atoms with van der Waals surface area (Å²) in [5.74, 6) is 0.373. The first-order valence-corrected chi connectivity index (χ1v) is 6.96. The van der Waals surface area contributed by atoms with Crippen molar-refractivity contribution in [3.8, 4) is 5.75 Å². The van der Waals surface area contributed by atoms with Gasteiger partial charge in [0.15, 0.2) is 0 Å². The van der Waals surface area contributed by atoms with Gasteiger partial charge in [0.05, 0.1) is 33.2 Å². The number of likely N-dealkylation sites (N-methyl/N-ethyl adjacent to an activating group) is 1. The lowest BCUT2D eigenvalue weighted by Gasteiger charge is -2.37. The zero-order chi connectivity index (χ0) is 13.0. The maximum atomic E-state index is 9.65. The van der Waals surface area contributed by atoms with Crippen LogP contribution in [0.2, 0.25) is 0 Å². The van der Waals surface area contributed by atoms with E-state index in [1.54, 1.807) is 0 Å². The molecule has 1 fully saturated rings. The van der Waals surface area contributed by atoms with Gasteiger partial charge in [0.25, 0.3) is 0 Å². The third-order valence-corrected chi connectivity index (χ3v) is 4.09. The number of phenols is 1. The van der Waals surface area contributed by atoms with Crippen LogP contribution in [0.3, 0.4) is 0 Å². The quantitative estimate of drug-likeness (QED) is 0.748. The number of rotatable bonds is 4. The summed E-state index contributed by atoms with van der Waals surface area (Å²) >= 11 is 0. The highest BCUT2D eigenvalue weighted by Gasteiger charge is 2.23. The van der Waals surface area contributed by atoms with Gasteiger partial charge in [-0.05, 0) is 37.8 Å². The number of hydrogen-bond donors (Lipinski definition) is 2. The fraction of sp³-hybridized carbons (Fsp3) is 0.600. The first-order chi connectivity index (χ1) is 8.59. The highest BCUT2D eigenvalue weighted by atomic mass is 35.5. The number of phenolic OH excluding ortho intramolecular Hbond substituents is 1. The van der Waals surface area contributed by atoms with Crippen molar-refractivity contribution in [3.05, 3.63) is 23.8 Å². The number of benzene rings is 1. The number of likely N-dealkylation sites (tertiary alicyclic amines) is 1. The number of nitrogens with zero attached hydrogens (tertiary/aromatic N) is 1. The minimum Gasteiger partial charge on any atom is -1.00 e. The van der Waals surface area contributed by atoms with E-state index < -0.39 is 0 Å². The molecular formula is C15H25ClN2O. The maximum Gasteiger partial charge on any atom is 0.120 e. The third kappa shape index (κ3) is 4.59. The van der Waals surface area contributed by atoms with E-state index in [1.165, 1.54) is 36.8 Å². The molecule has 0 aliphatic carbocycles. The van der Waals surface area contributed by atoms with Crippen LogP contribution < -0.4 is 17.7 Å². The third-order valence-electron chi connectivity index (χ3n) is 4.09. The summed E-state index contributed by atoms with van der Waals surface area (Å²) in [5.41, 5.74) is 1.94. The van der Waals surface area contributed by atoms with Crippen LogP contribution in [0.15, 0.2) is 18.2 Å². The van der Waals surface area contributed by atoms with E-state index >= 15 is 0 Å². The zero-order valence-electron chi connectivity index (χ0n) is 12.0. The summed E-state index contributed by atoms with van der Waals surface area (Å²) in [6.07, 6.45) is 4.12. The lowest BCUT2D eigenvalue weighted by atomic mass is 10.1. The van der Waals surface area contributed by atoms with Gasteiger partial charge in [0, 0.05) is 11.8 Å². The van der Waals surface area contributed by atoms with Gasteiger partial charge in [-0.3, -0.25) is 0 Å². The van der Waals surface area contributed by atoms with E-state index in [2.05, 4.69) is 12.4 Å². The van der Waals surface area contributed by atoms with Crippen LogP contribution in [0.1, 0.15) is 24.8 Å². The normalized spacial score (nSPS) is 17.6. The number of anilines is 1. The predicted octanol–water partition coefficient (Wildman–Crippen LogP) is -0.253. The largest absolute Gasteiger partial charge is 1.00 e. The van der Waals surface area contributed by atoms with Crippen LogP contribution in [0, 0.1) is 6.92 Å². The molecule has 0 spiro atoms. The SMILES string of the molecule is Cc1ccc(NCC[N+]2(C)CCCCC2)cc1O.[Cl-]. The van der Waals surface area contributed by atoms with Crippen molar-refractivity contribution >= 4 is 5.69 Å². The molecule has 0 saturated carbocycles. The van der Waals surface area contributed by atoms with Crippen molar-refractivity contribution in [2.75, 3.05) is 38.5 Å². The van der Waals surface area contributed by atoms with E-state index in [0.717, 1.165) is 24.3 Å². The Hall–Kier alpha value is -0.930. The van der Waals surface area contributed by atoms with Crippen LogP contribution in [-0.4, -0.2) is 42.8 Å². The first kappa shape index (κ1) is 16.1. The van der Waals surface area contributed by atoms with Gasteiger partial charge >= 0.3 is 0 Å². The average Bonchev–Trinajstić information content (AvgIpc) is 2.34. The standard InChI is InChI=1S/C15H24N2O.ClH/c1-13-6-7-14(12-15(13)18)16-8-11-17(2)9-4-3-5-10-17;/h6-7,12,16H,3-5,8-11H2,1-2H3;1H. The molecule has 19 heavy (non-hydrogen) atoms. The highest BCUT2D eigenvalue weighted by Crippen LogP contribution is 2.21. The molecule has 0 atom stereocenters. The van der Waals surface area contributed by atoms with Crippen LogP contribution in [0.4, 0.5) is 5.69 Å². The van der Waals surface area contributed by atoms with Crippen molar-refractivity contribution < 1.29 is 22.0 Å². The van der Waals surface area contributed by atoms with Crippen molar-refractivity contribution in [1.29, 1.82) is 0 Å². The van der Waals surface area contributed by atoms with E-state index in [1.807, 2.05) is 25.1 Å². The van der Waals surface area contributed by atoms with Gasteiger partial charge in [-0.2, -0.15) is 0 Å². The Morgan fingerprint density at radius 2 is 1.89 bits per heavy atom. The molecule has 4 heteroatoms. The van der Waals surface area contributed by atoms with Gasteiger partial charge < -0.3 is 27.3 Å². The molecule has 0 bridgehead atoms. The minimum atomic E-state index is 0. The summed E-state index contributed by atoms with van der Waals surface area (Å²) in [7, 11) is 2.35. The fourth-order valence-corrected chi connectivity index (χ4v) is 2.69. The number of piperidine rings is 1. The molecule has 0 unspecified atom stereocenters. The topological polar surface area (TPSA) is 32.3 Å². The summed E-state index contributed by atoms with van der Waals surface area (Å²) in [5, 5.41) is 13.1. The molecule has 108 valence electrons. The molecule has 1 aromatic rings. The van der Waals surface area contributed by atoms with Crippen molar-refractivity contribution in [1.82, 2.24) is 0 Å². The number of aryl methyl sites for hydroxylation is 1. The van der Waals surface area contributed by atoms with Crippen LogP contribution in [0.25, 0.3) is 0 Å². The van der Waals surface area contributed by atoms with Gasteiger partial charge in [0.2, 0.25) is 0 Å². The molecule has 2 rings (SSSR count). The Labute approximate surface area is 122 Å². The molecule has 1 aromatic carbocycles. The summed E-state index contributed by atoms with van der Waals surface area (Å²) < 4.78 is 1.19. The Bertz CT molecular complexity index is 403. The number of aromatic hydroxyl groups is 1. The van der Waals surface area contributed by atoms with Gasteiger partial charge in [-0.25, -0.2) is 0 Å². The minimum absolute atomic E-state index is 0. The van der Waals surface area contributed by atoms with Crippen LogP contribution >= 0.6 is 0 Å². The second-order valence-electron chi connectivity index (χ2n) is 5.78. The molecule has 2 N–H and O–H groups in total. The number of halogens is 1. The molecular weight excluding hydrogens is 260 g/mol. The molecule has 0 aromatic heterocycles. The Morgan fingerprint density at radius 1 is 1.21 bits per heavy atom. The lowest BCUT2D eigenvalue weighted by Crippen LogP contribution is -3.00. The Balaban J connectivity index is 0.00000180. The Morgan fingerprint density at radius 3 is 2.53 bits per heavy atom. The molecule has 0 amide bonds. The van der Waals surface area contributed by atoms with E-state index in [9.17, 15) is 5.11 Å². The fourth-order valence-electron chi connectivity index (χ4n) is 2.69. The van der Waals surface area contributed by atoms with E-state index in [-0.39, 0.29) is 12.4 Å². The molecule has 3 nitrogen and oxygen atoms in total. The molecule has 1 heterocycles. The summed E-state index contributed by atoms with van der Waals surface area (Å²) in [6, 6.07) is 5.80. The van der Waals surface area contributed by atoms with E-state index in [0.29, 0.717) is 5.75 Å².